The molecule has 0 aromatic heterocycles. The smallest absolute Gasteiger partial charge is 0.162 e. The Labute approximate surface area is 394 Å². The first-order valence-electron chi connectivity index (χ1n) is 24.9. The van der Waals surface area contributed by atoms with Gasteiger partial charge in [-0.2, -0.15) is 0 Å². The summed E-state index contributed by atoms with van der Waals surface area (Å²) in [6, 6.07) is 8.70. The molecule has 66 heavy (non-hydrogen) atoms. The predicted molar refractivity (Wildman–Crippen MR) is 261 cm³/mol. The molecule has 14 atom stereocenters. The van der Waals surface area contributed by atoms with E-state index in [4.69, 9.17) is 9.47 Å². The zero-order valence-corrected chi connectivity index (χ0v) is 40.6. The second-order valence-electron chi connectivity index (χ2n) is 21.2. The first-order chi connectivity index (χ1) is 31.6. The highest BCUT2D eigenvalue weighted by atomic mass is 16.6. The number of hydrogen-bond acceptors (Lipinski definition) is 10. The SMILES string of the molecule is C=C(/C=C/C=C(/[C@H]1C=C2CCC[C@@H](C)[C@H]2[C@@H](O)O1)[C@@H]1CC[C@]2([C@@H]1O)[C@@H]1C(=C(C)C=O)[C@@H](C=C[C@H]1CCO)C[C@]2(O)CCNC)[C@H]1C/C=C(\C)[C@@H](O)N[C@@](C)(CCOC)Cc2cccc(c2)C1. The Morgan fingerprint density at radius 1 is 1.14 bits per heavy atom. The quantitative estimate of drug-likeness (QED) is 0.0435. The molecule has 1 aromatic rings. The number of methoxy groups -OCH3 is 1. The van der Waals surface area contributed by atoms with Crippen LogP contribution in [0.15, 0.2) is 107 Å². The molecule has 0 unspecified atom stereocenters. The average Bonchev–Trinajstić information content (AvgIpc) is 3.63. The average molecular weight is 909 g/mol. The van der Waals surface area contributed by atoms with E-state index in [9.17, 15) is 30.3 Å². The van der Waals surface area contributed by atoms with Gasteiger partial charge in [0, 0.05) is 49.0 Å². The van der Waals surface area contributed by atoms with Crippen molar-refractivity contribution in [1.82, 2.24) is 10.6 Å². The minimum atomic E-state index is -1.28. The van der Waals surface area contributed by atoms with Crippen molar-refractivity contribution in [3.63, 3.8) is 0 Å². The van der Waals surface area contributed by atoms with Gasteiger partial charge in [0.05, 0.1) is 11.7 Å². The minimum Gasteiger partial charge on any atom is -0.396 e. The topological polar surface area (TPSA) is 161 Å². The van der Waals surface area contributed by atoms with Gasteiger partial charge in [0.15, 0.2) is 6.29 Å². The molecule has 4 aliphatic carbocycles. The molecule has 1 aromatic carbocycles. The number of allylic oxidation sites excluding steroid dienone is 9. The number of fused-ring (bicyclic) bond motifs is 6. The van der Waals surface area contributed by atoms with E-state index >= 15 is 0 Å². The normalized spacial score (nSPS) is 39.9. The van der Waals surface area contributed by atoms with Gasteiger partial charge in [-0.1, -0.05) is 97.0 Å². The summed E-state index contributed by atoms with van der Waals surface area (Å²) in [6.07, 6.45) is 20.4. The third-order valence-corrected chi connectivity index (χ3v) is 17.0. The van der Waals surface area contributed by atoms with Gasteiger partial charge in [-0.15, -0.1) is 0 Å². The van der Waals surface area contributed by atoms with Gasteiger partial charge in [0.25, 0.3) is 0 Å². The molecule has 4 bridgehead atoms. The fourth-order valence-electron chi connectivity index (χ4n) is 13.5. The fraction of sp³-hybridized carbons (Fsp3) is 0.625. The number of aliphatic hydroxyl groups excluding tert-OH is 4. The molecule has 0 radical (unpaired) electrons. The van der Waals surface area contributed by atoms with Crippen molar-refractivity contribution in [3.05, 3.63) is 118 Å². The van der Waals surface area contributed by atoms with E-state index in [0.717, 1.165) is 67.1 Å². The van der Waals surface area contributed by atoms with Crippen molar-refractivity contribution in [2.45, 2.75) is 141 Å². The summed E-state index contributed by atoms with van der Waals surface area (Å²) in [5.41, 5.74) is 5.16. The molecule has 10 nitrogen and oxygen atoms in total. The number of hydrogen-bond donors (Lipinski definition) is 7. The van der Waals surface area contributed by atoms with E-state index in [2.05, 4.69) is 91.8 Å². The van der Waals surface area contributed by atoms with Crippen molar-refractivity contribution >= 4 is 6.29 Å². The lowest BCUT2D eigenvalue weighted by molar-refractivity contribution is -0.196. The fourth-order valence-corrected chi connectivity index (χ4v) is 13.5. The van der Waals surface area contributed by atoms with E-state index in [0.29, 0.717) is 57.2 Å². The van der Waals surface area contributed by atoms with Crippen molar-refractivity contribution in [2.75, 3.05) is 33.9 Å². The van der Waals surface area contributed by atoms with Gasteiger partial charge in [-0.05, 0) is 163 Å². The molecule has 2 heterocycles. The number of aldehydes is 1. The van der Waals surface area contributed by atoms with E-state index in [1.165, 1.54) is 16.7 Å². The number of nitrogens with one attached hydrogen (secondary N) is 2. The van der Waals surface area contributed by atoms with Gasteiger partial charge in [0.1, 0.15) is 18.6 Å². The van der Waals surface area contributed by atoms with Crippen LogP contribution in [-0.4, -0.2) is 102 Å². The Kier molecular flexibility index (Phi) is 16.5. The zero-order chi connectivity index (χ0) is 47.4. The Hall–Kier alpha value is -3.29. The molecule has 3 fully saturated rings. The van der Waals surface area contributed by atoms with Crippen LogP contribution in [-0.2, 0) is 27.1 Å². The largest absolute Gasteiger partial charge is 0.396 e. The molecule has 0 amide bonds. The van der Waals surface area contributed by atoms with E-state index in [1.54, 1.807) is 7.11 Å². The molecule has 2 aliphatic heterocycles. The number of rotatable bonds is 14. The molecule has 7 rings (SSSR count). The lowest BCUT2D eigenvalue weighted by Gasteiger charge is -2.61. The number of carbonyl (C=O) groups excluding carboxylic acids is 1. The van der Waals surface area contributed by atoms with Crippen LogP contribution in [0.25, 0.3) is 0 Å². The summed E-state index contributed by atoms with van der Waals surface area (Å²) in [4.78, 5) is 12.6. The van der Waals surface area contributed by atoms with Gasteiger partial charge in [-0.3, -0.25) is 10.1 Å². The maximum absolute atomic E-state index is 13.3. The number of ether oxygens (including phenoxy) is 2. The molecule has 3 saturated carbocycles. The maximum atomic E-state index is 13.3. The third kappa shape index (κ3) is 10.2. The summed E-state index contributed by atoms with van der Waals surface area (Å²) in [5.74, 6) is -0.899. The number of aliphatic hydroxyl groups is 5. The first-order valence-corrected chi connectivity index (χ1v) is 24.9. The highest BCUT2D eigenvalue weighted by Gasteiger charge is 2.69. The second-order valence-corrected chi connectivity index (χ2v) is 21.2. The molecule has 0 saturated heterocycles. The van der Waals surface area contributed by atoms with Crippen LogP contribution in [0.3, 0.4) is 0 Å². The van der Waals surface area contributed by atoms with Crippen LogP contribution >= 0.6 is 0 Å². The van der Waals surface area contributed by atoms with Gasteiger partial charge in [0.2, 0.25) is 0 Å². The number of carbonyl (C=O) groups is 1. The van der Waals surface area contributed by atoms with Crippen LogP contribution < -0.4 is 10.6 Å². The van der Waals surface area contributed by atoms with Gasteiger partial charge in [-0.25, -0.2) is 0 Å². The Balaban J connectivity index is 1.28. The first kappa shape index (κ1) is 50.6. The summed E-state index contributed by atoms with van der Waals surface area (Å²) in [7, 11) is 3.58. The van der Waals surface area contributed by atoms with Crippen LogP contribution in [0.4, 0.5) is 0 Å². The Morgan fingerprint density at radius 2 is 1.92 bits per heavy atom. The molecule has 362 valence electrons. The lowest BCUT2D eigenvalue weighted by atomic mass is 9.45. The van der Waals surface area contributed by atoms with E-state index in [-0.39, 0.29) is 47.7 Å². The Morgan fingerprint density at radius 3 is 2.67 bits per heavy atom. The third-order valence-electron chi connectivity index (χ3n) is 17.0. The summed E-state index contributed by atoms with van der Waals surface area (Å²) < 4.78 is 12.1. The van der Waals surface area contributed by atoms with Crippen molar-refractivity contribution in [2.24, 2.45) is 46.8 Å². The van der Waals surface area contributed by atoms with Gasteiger partial charge >= 0.3 is 0 Å². The standard InChI is InChI=1S/C56H80N2O8/c1-35(42-18-17-37(3)52(62)58-54(5,25-28-65-7)32-40-14-10-13-39(29-40)30-42)11-9-16-45(47-31-43-15-8-12-36(2)49(43)53(63)66-47)46-21-23-56(51(46)61)50-41(22-27-59)19-20-44(48(50)38(4)34-60)33-55(56,64)24-26-57-6/h9-11,13-14,16-17,19-20,29,31,34,36,41-42,44,46-47,49-53,57-59,61-64H,1,8,12,15,18,21-28,30,32-33H2,2-7H3/b11-9+,37-17+,45-16+,48-38?/t36-,41+,42+,44+,46+,47-,49-,50+,51-,52-,53+,54+,55-,56-/m1/s1. The predicted octanol–water partition coefficient (Wildman–Crippen LogP) is 7.38. The highest BCUT2D eigenvalue weighted by Crippen LogP contribution is 2.67. The molecule has 10 heteroatoms. The number of benzene rings is 1. The van der Waals surface area contributed by atoms with Crippen molar-refractivity contribution < 1.29 is 39.8 Å². The molecular formula is C56H80N2O8. The Bertz CT molecular complexity index is 2090. The lowest BCUT2D eigenvalue weighted by Crippen LogP contribution is -2.65. The zero-order valence-electron chi connectivity index (χ0n) is 40.6. The van der Waals surface area contributed by atoms with Crippen LogP contribution in [0.1, 0.15) is 103 Å². The van der Waals surface area contributed by atoms with Gasteiger partial charge < -0.3 is 40.3 Å². The minimum absolute atomic E-state index is 0.0287. The second kappa shape index (κ2) is 21.6. The molecule has 7 N–H and O–H groups in total. The van der Waals surface area contributed by atoms with E-state index in [1.807, 2.05) is 27.0 Å². The maximum Gasteiger partial charge on any atom is 0.162 e. The summed E-state index contributed by atoms with van der Waals surface area (Å²) in [6.45, 7) is 13.8. The van der Waals surface area contributed by atoms with Crippen LogP contribution in [0, 0.1) is 46.8 Å². The summed E-state index contributed by atoms with van der Waals surface area (Å²) in [5, 5.41) is 66.8. The monoisotopic (exact) mass is 909 g/mol. The molecule has 6 aliphatic rings. The highest BCUT2D eigenvalue weighted by molar-refractivity contribution is 5.74. The summed E-state index contributed by atoms with van der Waals surface area (Å²) >= 11 is 0. The molecule has 1 spiro atoms. The van der Waals surface area contributed by atoms with Crippen molar-refractivity contribution in [3.8, 4) is 0 Å². The van der Waals surface area contributed by atoms with Crippen LogP contribution in [0.2, 0.25) is 0 Å². The van der Waals surface area contributed by atoms with E-state index < -0.39 is 41.7 Å². The van der Waals surface area contributed by atoms with Crippen molar-refractivity contribution in [1.29, 1.82) is 0 Å². The molecular weight excluding hydrogens is 829 g/mol. The van der Waals surface area contributed by atoms with Crippen LogP contribution in [0.5, 0.6) is 0 Å².